The normalized spacial score (nSPS) is 17.0. The van der Waals surface area contributed by atoms with Crippen LogP contribution in [0, 0.1) is 11.8 Å². The van der Waals surface area contributed by atoms with E-state index in [1.54, 1.807) is 0 Å². The van der Waals surface area contributed by atoms with Crippen LogP contribution in [0.25, 0.3) is 11.0 Å². The molecule has 102 valence electrons. The fourth-order valence-corrected chi connectivity index (χ4v) is 3.12. The molecule has 0 aliphatic heterocycles. The maximum absolute atomic E-state index is 6.25. The van der Waals surface area contributed by atoms with Crippen LogP contribution in [-0.4, -0.2) is 15.4 Å². The number of hydrogen-bond acceptors (Lipinski definition) is 1. The Bertz CT molecular complexity index is 587. The summed E-state index contributed by atoms with van der Waals surface area (Å²) in [5.74, 6) is 3.25. The van der Waals surface area contributed by atoms with Gasteiger partial charge in [-0.05, 0) is 36.8 Å². The van der Waals surface area contributed by atoms with Crippen LogP contribution in [0.4, 0.5) is 0 Å². The van der Waals surface area contributed by atoms with Crippen molar-refractivity contribution < 1.29 is 0 Å². The molecule has 1 saturated carbocycles. The predicted octanol–water partition coefficient (Wildman–Crippen LogP) is 4.52. The van der Waals surface area contributed by atoms with Gasteiger partial charge in [0, 0.05) is 18.8 Å². The highest BCUT2D eigenvalue weighted by molar-refractivity contribution is 6.34. The van der Waals surface area contributed by atoms with Crippen molar-refractivity contribution in [2.24, 2.45) is 11.8 Å². The standard InChI is InChI=1S/C15H18Cl2N2/c1-10(11-5-6-11)9-19-13-4-2-3-12(17)15(13)18-14(19)7-8-16/h2-4,10-11H,5-9H2,1H3. The van der Waals surface area contributed by atoms with E-state index in [-0.39, 0.29) is 0 Å². The van der Waals surface area contributed by atoms with Crippen LogP contribution in [0.2, 0.25) is 5.02 Å². The third-order valence-corrected chi connectivity index (χ3v) is 4.52. The van der Waals surface area contributed by atoms with Crippen LogP contribution in [0.15, 0.2) is 18.2 Å². The Morgan fingerprint density at radius 3 is 2.89 bits per heavy atom. The molecule has 0 N–H and O–H groups in total. The first-order chi connectivity index (χ1) is 9.20. The third kappa shape index (κ3) is 2.61. The maximum Gasteiger partial charge on any atom is 0.111 e. The van der Waals surface area contributed by atoms with Gasteiger partial charge in [-0.2, -0.15) is 0 Å². The van der Waals surface area contributed by atoms with Crippen LogP contribution in [0.5, 0.6) is 0 Å². The molecule has 0 bridgehead atoms. The minimum Gasteiger partial charge on any atom is -0.328 e. The minimum absolute atomic E-state index is 0.596. The number of aromatic nitrogens is 2. The van der Waals surface area contributed by atoms with Gasteiger partial charge in [0.2, 0.25) is 0 Å². The second-order valence-corrected chi connectivity index (χ2v) is 6.29. The van der Waals surface area contributed by atoms with Gasteiger partial charge in [0.1, 0.15) is 11.3 Å². The van der Waals surface area contributed by atoms with E-state index in [0.29, 0.717) is 11.8 Å². The summed E-state index contributed by atoms with van der Waals surface area (Å²) in [6, 6.07) is 6.00. The number of alkyl halides is 1. The molecule has 1 aromatic heterocycles. The van der Waals surface area contributed by atoms with Gasteiger partial charge in [-0.3, -0.25) is 0 Å². The highest BCUT2D eigenvalue weighted by Crippen LogP contribution is 2.38. The third-order valence-electron chi connectivity index (χ3n) is 4.02. The molecule has 0 radical (unpaired) electrons. The number of fused-ring (bicyclic) bond motifs is 1. The van der Waals surface area contributed by atoms with E-state index in [0.717, 1.165) is 40.8 Å². The first kappa shape index (κ1) is 13.3. The van der Waals surface area contributed by atoms with Crippen molar-refractivity contribution in [3.8, 4) is 0 Å². The molecule has 1 aliphatic rings. The Labute approximate surface area is 123 Å². The van der Waals surface area contributed by atoms with Crippen LogP contribution < -0.4 is 0 Å². The zero-order valence-corrected chi connectivity index (χ0v) is 12.6. The fraction of sp³-hybridized carbons (Fsp3) is 0.533. The van der Waals surface area contributed by atoms with Crippen LogP contribution in [0.3, 0.4) is 0 Å². The van der Waals surface area contributed by atoms with Crippen LogP contribution in [-0.2, 0) is 13.0 Å². The summed E-state index contributed by atoms with van der Waals surface area (Å²) >= 11 is 12.1. The van der Waals surface area contributed by atoms with E-state index in [1.165, 1.54) is 12.8 Å². The van der Waals surface area contributed by atoms with Gasteiger partial charge in [0.25, 0.3) is 0 Å². The Hall–Kier alpha value is -0.730. The summed E-state index contributed by atoms with van der Waals surface area (Å²) in [5.41, 5.74) is 2.05. The second-order valence-electron chi connectivity index (χ2n) is 5.50. The van der Waals surface area contributed by atoms with Gasteiger partial charge in [-0.25, -0.2) is 4.98 Å². The van der Waals surface area contributed by atoms with Crippen molar-refractivity contribution in [3.63, 3.8) is 0 Å². The summed E-state index contributed by atoms with van der Waals surface area (Å²) in [5, 5.41) is 0.728. The molecule has 1 unspecified atom stereocenters. The number of imidazole rings is 1. The lowest BCUT2D eigenvalue weighted by atomic mass is 10.1. The van der Waals surface area contributed by atoms with Crippen molar-refractivity contribution in [3.05, 3.63) is 29.0 Å². The molecular formula is C15H18Cl2N2. The lowest BCUT2D eigenvalue weighted by Gasteiger charge is -2.14. The number of hydrogen-bond donors (Lipinski definition) is 0. The molecule has 19 heavy (non-hydrogen) atoms. The molecule has 1 fully saturated rings. The van der Waals surface area contributed by atoms with Crippen molar-refractivity contribution in [2.75, 3.05) is 5.88 Å². The van der Waals surface area contributed by atoms with Gasteiger partial charge in [0.15, 0.2) is 0 Å². The Morgan fingerprint density at radius 1 is 1.42 bits per heavy atom. The molecule has 0 amide bonds. The van der Waals surface area contributed by atoms with Gasteiger partial charge >= 0.3 is 0 Å². The number of rotatable bonds is 5. The van der Waals surface area contributed by atoms with E-state index in [4.69, 9.17) is 23.2 Å². The summed E-state index contributed by atoms with van der Waals surface area (Å²) in [4.78, 5) is 4.68. The second kappa shape index (κ2) is 5.34. The van der Waals surface area contributed by atoms with E-state index in [1.807, 2.05) is 12.1 Å². The zero-order chi connectivity index (χ0) is 13.4. The molecule has 2 aromatic rings. The minimum atomic E-state index is 0.596. The number of para-hydroxylation sites is 1. The monoisotopic (exact) mass is 296 g/mol. The molecule has 1 aliphatic carbocycles. The summed E-state index contributed by atoms with van der Waals surface area (Å²) < 4.78 is 2.31. The Morgan fingerprint density at radius 2 is 2.21 bits per heavy atom. The number of aryl methyl sites for hydroxylation is 1. The highest BCUT2D eigenvalue weighted by Gasteiger charge is 2.29. The molecular weight excluding hydrogens is 279 g/mol. The smallest absolute Gasteiger partial charge is 0.111 e. The van der Waals surface area contributed by atoms with Gasteiger partial charge in [-0.15, -0.1) is 11.6 Å². The molecule has 3 rings (SSSR count). The topological polar surface area (TPSA) is 17.8 Å². The Balaban J connectivity index is 2.02. The summed E-state index contributed by atoms with van der Waals surface area (Å²) in [7, 11) is 0. The lowest BCUT2D eigenvalue weighted by molar-refractivity contribution is 0.429. The van der Waals surface area contributed by atoms with E-state index < -0.39 is 0 Å². The van der Waals surface area contributed by atoms with E-state index >= 15 is 0 Å². The van der Waals surface area contributed by atoms with Gasteiger partial charge < -0.3 is 4.57 Å². The lowest BCUT2D eigenvalue weighted by Crippen LogP contribution is -2.12. The van der Waals surface area contributed by atoms with Crippen molar-refractivity contribution in [2.45, 2.75) is 32.7 Å². The molecule has 1 atom stereocenters. The SMILES string of the molecule is CC(Cn1c(CCCl)nc2c(Cl)cccc21)C1CC1. The zero-order valence-electron chi connectivity index (χ0n) is 11.1. The highest BCUT2D eigenvalue weighted by atomic mass is 35.5. The van der Waals surface area contributed by atoms with Crippen LogP contribution >= 0.6 is 23.2 Å². The summed E-state index contributed by atoms with van der Waals surface area (Å²) in [6.45, 7) is 3.35. The molecule has 4 heteroatoms. The molecule has 0 saturated heterocycles. The van der Waals surface area contributed by atoms with E-state index in [9.17, 15) is 0 Å². The fourth-order valence-electron chi connectivity index (χ4n) is 2.74. The Kier molecular flexibility index (Phi) is 3.72. The quantitative estimate of drug-likeness (QED) is 0.742. The number of nitrogens with zero attached hydrogens (tertiary/aromatic N) is 2. The van der Waals surface area contributed by atoms with Gasteiger partial charge in [0.05, 0.1) is 10.5 Å². The largest absolute Gasteiger partial charge is 0.328 e. The average molecular weight is 297 g/mol. The molecule has 0 spiro atoms. The number of benzene rings is 1. The molecule has 2 nitrogen and oxygen atoms in total. The van der Waals surface area contributed by atoms with Crippen molar-refractivity contribution in [1.29, 1.82) is 0 Å². The molecule has 1 heterocycles. The van der Waals surface area contributed by atoms with Crippen LogP contribution in [0.1, 0.15) is 25.6 Å². The first-order valence-corrected chi connectivity index (χ1v) is 7.81. The predicted molar refractivity (Wildman–Crippen MR) is 81.1 cm³/mol. The maximum atomic E-state index is 6.25. The first-order valence-electron chi connectivity index (χ1n) is 6.90. The van der Waals surface area contributed by atoms with Gasteiger partial charge in [-0.1, -0.05) is 24.6 Å². The van der Waals surface area contributed by atoms with Crippen molar-refractivity contribution >= 4 is 34.2 Å². The average Bonchev–Trinajstić information content (AvgIpc) is 3.17. The summed E-state index contributed by atoms with van der Waals surface area (Å²) in [6.07, 6.45) is 3.54. The van der Waals surface area contributed by atoms with E-state index in [2.05, 4.69) is 22.5 Å². The number of halogens is 2. The van der Waals surface area contributed by atoms with Crippen molar-refractivity contribution in [1.82, 2.24) is 9.55 Å². The molecule has 1 aromatic carbocycles.